The van der Waals surface area contributed by atoms with E-state index in [1.165, 1.54) is 44.5 Å². The molecular weight excluding hydrogens is 496 g/mol. The standard InChI is InChI=1S/C36H40O4/c1-37-33-21-29-17-13-25-9-5-6-11-27(25)15-19-31-23-35(39-3)36(40-4)24-32(31)20-16-28-12-8-7-10-26(28)14-18-30(29)22-34(33)38-2/h5-12,21-24H,13-20H2,1-4H3. The average Bonchev–Trinajstić information content (AvgIpc) is 3.00. The maximum absolute atomic E-state index is 5.69. The van der Waals surface area contributed by atoms with Gasteiger partial charge in [-0.25, -0.2) is 0 Å². The Hall–Kier alpha value is -3.92. The first kappa shape index (κ1) is 27.6. The van der Waals surface area contributed by atoms with Gasteiger partial charge in [0, 0.05) is 0 Å². The molecule has 0 bridgehead atoms. The summed E-state index contributed by atoms with van der Waals surface area (Å²) in [5.74, 6) is 3.19. The van der Waals surface area contributed by atoms with Gasteiger partial charge in [-0.2, -0.15) is 0 Å². The number of hydrogen-bond donors (Lipinski definition) is 0. The third-order valence-corrected chi connectivity index (χ3v) is 8.30. The highest BCUT2D eigenvalue weighted by molar-refractivity contribution is 5.50. The van der Waals surface area contributed by atoms with Gasteiger partial charge < -0.3 is 18.9 Å². The molecule has 0 heterocycles. The van der Waals surface area contributed by atoms with Crippen LogP contribution in [0.1, 0.15) is 44.5 Å². The zero-order valence-electron chi connectivity index (χ0n) is 24.2. The lowest BCUT2D eigenvalue weighted by atomic mass is 9.89. The van der Waals surface area contributed by atoms with E-state index in [9.17, 15) is 0 Å². The zero-order chi connectivity index (χ0) is 27.9. The van der Waals surface area contributed by atoms with Crippen LogP contribution in [-0.2, 0) is 51.4 Å². The number of rotatable bonds is 4. The zero-order valence-corrected chi connectivity index (χ0v) is 24.2. The molecule has 0 aromatic heterocycles. The molecule has 0 atom stereocenters. The van der Waals surface area contributed by atoms with E-state index in [1.807, 2.05) is 0 Å². The van der Waals surface area contributed by atoms with Crippen molar-refractivity contribution >= 4 is 0 Å². The highest BCUT2D eigenvalue weighted by Crippen LogP contribution is 2.34. The number of hydrogen-bond acceptors (Lipinski definition) is 4. The van der Waals surface area contributed by atoms with Crippen molar-refractivity contribution in [3.63, 3.8) is 0 Å². The van der Waals surface area contributed by atoms with Gasteiger partial charge in [-0.3, -0.25) is 0 Å². The van der Waals surface area contributed by atoms with Gasteiger partial charge in [-0.1, -0.05) is 48.5 Å². The highest BCUT2D eigenvalue weighted by Gasteiger charge is 2.16. The summed E-state index contributed by atoms with van der Waals surface area (Å²) in [5, 5.41) is 0. The fraction of sp³-hybridized carbons (Fsp3) is 0.333. The van der Waals surface area contributed by atoms with Crippen LogP contribution in [0.3, 0.4) is 0 Å². The lowest BCUT2D eigenvalue weighted by Gasteiger charge is -2.19. The van der Waals surface area contributed by atoms with Gasteiger partial charge in [0.2, 0.25) is 0 Å². The Bertz CT molecular complexity index is 1240. The van der Waals surface area contributed by atoms with E-state index in [1.54, 1.807) is 28.4 Å². The van der Waals surface area contributed by atoms with E-state index in [0.29, 0.717) is 0 Å². The van der Waals surface area contributed by atoms with Crippen LogP contribution in [0.2, 0.25) is 0 Å². The van der Waals surface area contributed by atoms with Gasteiger partial charge in [0.1, 0.15) is 0 Å². The summed E-state index contributed by atoms with van der Waals surface area (Å²) in [6, 6.07) is 26.5. The van der Waals surface area contributed by atoms with Gasteiger partial charge in [-0.15, -0.1) is 0 Å². The second-order valence-electron chi connectivity index (χ2n) is 10.5. The molecule has 208 valence electrons. The summed E-state index contributed by atoms with van der Waals surface area (Å²) in [7, 11) is 6.86. The molecule has 40 heavy (non-hydrogen) atoms. The molecule has 0 aliphatic heterocycles. The van der Waals surface area contributed by atoms with Crippen LogP contribution in [-0.4, -0.2) is 28.4 Å². The van der Waals surface area contributed by atoms with E-state index in [2.05, 4.69) is 72.8 Å². The van der Waals surface area contributed by atoms with Crippen LogP contribution >= 0.6 is 0 Å². The average molecular weight is 537 g/mol. The maximum Gasteiger partial charge on any atom is 0.161 e. The second-order valence-corrected chi connectivity index (χ2v) is 10.5. The van der Waals surface area contributed by atoms with E-state index < -0.39 is 0 Å². The molecular formula is C36H40O4. The molecule has 0 amide bonds. The molecule has 5 rings (SSSR count). The quantitative estimate of drug-likeness (QED) is 0.277. The molecule has 4 aromatic carbocycles. The first-order chi connectivity index (χ1) is 19.6. The first-order valence-electron chi connectivity index (χ1n) is 14.2. The van der Waals surface area contributed by atoms with Gasteiger partial charge in [0.15, 0.2) is 23.0 Å². The predicted molar refractivity (Wildman–Crippen MR) is 162 cm³/mol. The number of benzene rings is 4. The minimum Gasteiger partial charge on any atom is -0.493 e. The Labute approximate surface area is 238 Å². The van der Waals surface area contributed by atoms with Crippen LogP contribution in [0.4, 0.5) is 0 Å². The number of aryl methyl sites for hydroxylation is 8. The number of fused-ring (bicyclic) bond motifs is 4. The third-order valence-electron chi connectivity index (χ3n) is 8.30. The lowest BCUT2D eigenvalue weighted by Crippen LogP contribution is -2.07. The SMILES string of the molecule is COc1cc2c(cc1OC)CCc1ccccc1CCc1cc(OC)c(OC)cc1CCc1ccccc1CC2. The molecule has 0 radical (unpaired) electrons. The van der Waals surface area contributed by atoms with Crippen molar-refractivity contribution in [3.8, 4) is 23.0 Å². The molecule has 4 nitrogen and oxygen atoms in total. The van der Waals surface area contributed by atoms with E-state index in [4.69, 9.17) is 18.9 Å². The molecule has 0 fully saturated rings. The van der Waals surface area contributed by atoms with Crippen LogP contribution < -0.4 is 18.9 Å². The van der Waals surface area contributed by atoms with Gasteiger partial charge >= 0.3 is 0 Å². The van der Waals surface area contributed by atoms with Gasteiger partial charge in [0.25, 0.3) is 0 Å². The summed E-state index contributed by atoms with van der Waals surface area (Å²) < 4.78 is 22.8. The lowest BCUT2D eigenvalue weighted by molar-refractivity contribution is 0.354. The van der Waals surface area contributed by atoms with Crippen LogP contribution in [0.5, 0.6) is 23.0 Å². The Kier molecular flexibility index (Phi) is 8.95. The van der Waals surface area contributed by atoms with Gasteiger partial charge in [0.05, 0.1) is 28.4 Å². The minimum absolute atomic E-state index is 0.797. The fourth-order valence-corrected chi connectivity index (χ4v) is 6.03. The highest BCUT2D eigenvalue weighted by atomic mass is 16.5. The van der Waals surface area contributed by atoms with Crippen molar-refractivity contribution in [2.75, 3.05) is 28.4 Å². The predicted octanol–water partition coefficient (Wildman–Crippen LogP) is 7.18. The Morgan fingerprint density at radius 1 is 0.325 bits per heavy atom. The molecule has 0 unspecified atom stereocenters. The fourth-order valence-electron chi connectivity index (χ4n) is 6.03. The smallest absolute Gasteiger partial charge is 0.161 e. The van der Waals surface area contributed by atoms with Crippen LogP contribution in [0.15, 0.2) is 72.8 Å². The second kappa shape index (κ2) is 13.0. The van der Waals surface area contributed by atoms with Crippen molar-refractivity contribution < 1.29 is 18.9 Å². The molecule has 4 aromatic rings. The topological polar surface area (TPSA) is 36.9 Å². The summed E-state index contributed by atoms with van der Waals surface area (Å²) in [6.07, 6.45) is 7.74. The molecule has 0 spiro atoms. The molecule has 0 saturated heterocycles. The number of ether oxygens (including phenoxy) is 4. The van der Waals surface area contributed by atoms with Crippen LogP contribution in [0.25, 0.3) is 0 Å². The first-order valence-corrected chi connectivity index (χ1v) is 14.2. The normalized spacial score (nSPS) is 13.7. The third kappa shape index (κ3) is 6.12. The van der Waals surface area contributed by atoms with Crippen molar-refractivity contribution in [2.24, 2.45) is 0 Å². The van der Waals surface area contributed by atoms with E-state index in [0.717, 1.165) is 74.4 Å². The van der Waals surface area contributed by atoms with Crippen molar-refractivity contribution in [1.29, 1.82) is 0 Å². The Morgan fingerprint density at radius 3 is 0.725 bits per heavy atom. The van der Waals surface area contributed by atoms with Crippen molar-refractivity contribution in [1.82, 2.24) is 0 Å². The van der Waals surface area contributed by atoms with E-state index >= 15 is 0 Å². The van der Waals surface area contributed by atoms with Crippen molar-refractivity contribution in [2.45, 2.75) is 51.4 Å². The van der Waals surface area contributed by atoms with Crippen molar-refractivity contribution in [3.05, 3.63) is 117 Å². The maximum atomic E-state index is 5.69. The largest absolute Gasteiger partial charge is 0.493 e. The molecule has 0 saturated carbocycles. The van der Waals surface area contributed by atoms with Gasteiger partial charge in [-0.05, 0) is 120 Å². The monoisotopic (exact) mass is 536 g/mol. The van der Waals surface area contributed by atoms with Crippen LogP contribution in [0, 0.1) is 0 Å². The summed E-state index contributed by atoms with van der Waals surface area (Å²) in [4.78, 5) is 0. The summed E-state index contributed by atoms with van der Waals surface area (Å²) in [6.45, 7) is 0. The number of methoxy groups -OCH3 is 4. The Balaban J connectivity index is 1.57. The van der Waals surface area contributed by atoms with E-state index in [-0.39, 0.29) is 0 Å². The summed E-state index contributed by atoms with van der Waals surface area (Å²) >= 11 is 0. The molecule has 1 aliphatic rings. The molecule has 4 heteroatoms. The molecule has 1 aliphatic carbocycles. The summed E-state index contributed by atoms with van der Waals surface area (Å²) in [5.41, 5.74) is 11.0. The molecule has 0 N–H and O–H groups in total. The minimum atomic E-state index is 0.797. The Morgan fingerprint density at radius 2 is 0.525 bits per heavy atom.